The van der Waals surface area contributed by atoms with Gasteiger partial charge in [0, 0.05) is 12.0 Å². The van der Waals surface area contributed by atoms with Crippen molar-refractivity contribution >= 4 is 11.9 Å². The van der Waals surface area contributed by atoms with Crippen LogP contribution >= 0.6 is 0 Å². The van der Waals surface area contributed by atoms with Gasteiger partial charge in [-0.05, 0) is 42.7 Å². The third-order valence-electron chi connectivity index (χ3n) is 4.68. The quantitative estimate of drug-likeness (QED) is 0.684. The van der Waals surface area contributed by atoms with Crippen molar-refractivity contribution in [3.8, 4) is 11.5 Å². The second-order valence-corrected chi connectivity index (χ2v) is 7.43. The van der Waals surface area contributed by atoms with Gasteiger partial charge < -0.3 is 19.5 Å². The maximum absolute atomic E-state index is 12.2. The minimum Gasteiger partial charge on any atom is -0.494 e. The summed E-state index contributed by atoms with van der Waals surface area (Å²) < 4.78 is 16.4. The van der Waals surface area contributed by atoms with E-state index in [0.29, 0.717) is 36.9 Å². The first-order chi connectivity index (χ1) is 14.0. The molecule has 1 atom stereocenters. The van der Waals surface area contributed by atoms with Crippen molar-refractivity contribution in [3.05, 3.63) is 59.7 Å². The van der Waals surface area contributed by atoms with E-state index in [-0.39, 0.29) is 18.6 Å². The molecule has 0 aliphatic carbocycles. The van der Waals surface area contributed by atoms with Crippen molar-refractivity contribution in [2.75, 3.05) is 19.8 Å². The van der Waals surface area contributed by atoms with E-state index in [9.17, 15) is 9.59 Å². The number of carbonyl (C=O) groups is 2. The molecule has 2 aromatic rings. The molecule has 1 aliphatic heterocycles. The van der Waals surface area contributed by atoms with Crippen molar-refractivity contribution in [1.29, 1.82) is 0 Å². The number of benzene rings is 2. The Morgan fingerprint density at radius 3 is 2.66 bits per heavy atom. The Hall–Kier alpha value is -3.02. The first kappa shape index (κ1) is 20.7. The van der Waals surface area contributed by atoms with E-state index in [1.807, 2.05) is 24.3 Å². The van der Waals surface area contributed by atoms with Gasteiger partial charge in [0.25, 0.3) is 5.91 Å². The molecule has 0 saturated carbocycles. The predicted octanol–water partition coefficient (Wildman–Crippen LogP) is 3.91. The van der Waals surface area contributed by atoms with E-state index >= 15 is 0 Å². The van der Waals surface area contributed by atoms with Gasteiger partial charge in [0.15, 0.2) is 6.61 Å². The van der Waals surface area contributed by atoms with Crippen LogP contribution in [0.25, 0.3) is 0 Å². The van der Waals surface area contributed by atoms with Crippen LogP contribution in [0.2, 0.25) is 0 Å². The van der Waals surface area contributed by atoms with Crippen LogP contribution in [0.15, 0.2) is 48.5 Å². The fourth-order valence-corrected chi connectivity index (χ4v) is 3.04. The molecule has 0 bridgehead atoms. The van der Waals surface area contributed by atoms with Crippen LogP contribution < -0.4 is 14.8 Å². The fraction of sp³-hybridized carbons (Fsp3) is 0.391. The lowest BCUT2D eigenvalue weighted by Gasteiger charge is -2.26. The molecule has 3 rings (SSSR count). The minimum atomic E-state index is -0.541. The number of carbonyl (C=O) groups excluding carboxylic acids is 2. The molecule has 0 spiro atoms. The number of hydrogen-bond donors (Lipinski definition) is 1. The molecule has 0 aromatic heterocycles. The standard InChI is InChI=1S/C23H27NO5/c1-16(2)11-13-27-18-9-7-17(8-10-18)23(26)29-15-22(25)24-20-12-14-28-21-6-4-3-5-19(20)21/h3-10,16,20H,11-15H2,1-2H3,(H,24,25). The SMILES string of the molecule is CC(C)CCOc1ccc(C(=O)OCC(=O)NC2CCOc3ccccc32)cc1. The van der Waals surface area contributed by atoms with Gasteiger partial charge in [-0.1, -0.05) is 32.0 Å². The molecule has 0 saturated heterocycles. The molecule has 6 heteroatoms. The highest BCUT2D eigenvalue weighted by Gasteiger charge is 2.23. The zero-order valence-corrected chi connectivity index (χ0v) is 16.9. The van der Waals surface area contributed by atoms with E-state index in [4.69, 9.17) is 14.2 Å². The van der Waals surface area contributed by atoms with Gasteiger partial charge in [-0.25, -0.2) is 4.79 Å². The second-order valence-electron chi connectivity index (χ2n) is 7.43. The van der Waals surface area contributed by atoms with Crippen LogP contribution in [0.3, 0.4) is 0 Å². The summed E-state index contributed by atoms with van der Waals surface area (Å²) in [5.74, 6) is 1.18. The van der Waals surface area contributed by atoms with Gasteiger partial charge >= 0.3 is 5.97 Å². The van der Waals surface area contributed by atoms with Crippen molar-refractivity contribution in [3.63, 3.8) is 0 Å². The molecule has 1 heterocycles. The topological polar surface area (TPSA) is 73.9 Å². The summed E-state index contributed by atoms with van der Waals surface area (Å²) in [6, 6.07) is 14.2. The summed E-state index contributed by atoms with van der Waals surface area (Å²) in [5, 5.41) is 2.91. The smallest absolute Gasteiger partial charge is 0.338 e. The first-order valence-electron chi connectivity index (χ1n) is 9.94. The van der Waals surface area contributed by atoms with Crippen LogP contribution in [0.4, 0.5) is 0 Å². The number of nitrogens with one attached hydrogen (secondary N) is 1. The van der Waals surface area contributed by atoms with Gasteiger partial charge in [0.2, 0.25) is 0 Å². The summed E-state index contributed by atoms with van der Waals surface area (Å²) in [5.41, 5.74) is 1.32. The molecule has 0 fully saturated rings. The Morgan fingerprint density at radius 2 is 1.90 bits per heavy atom. The van der Waals surface area contributed by atoms with E-state index < -0.39 is 5.97 Å². The Kier molecular flexibility index (Phi) is 7.11. The highest BCUT2D eigenvalue weighted by Crippen LogP contribution is 2.31. The lowest BCUT2D eigenvalue weighted by molar-refractivity contribution is -0.125. The summed E-state index contributed by atoms with van der Waals surface area (Å²) >= 11 is 0. The van der Waals surface area contributed by atoms with Crippen LogP contribution in [0.1, 0.15) is 48.7 Å². The molecule has 154 valence electrons. The fourth-order valence-electron chi connectivity index (χ4n) is 3.04. The number of esters is 1. The number of fused-ring (bicyclic) bond motifs is 1. The van der Waals surface area contributed by atoms with Gasteiger partial charge in [-0.2, -0.15) is 0 Å². The number of rotatable bonds is 8. The van der Waals surface area contributed by atoms with E-state index in [1.165, 1.54) is 0 Å². The summed E-state index contributed by atoms with van der Waals surface area (Å²) in [6.45, 7) is 5.12. The Bertz CT molecular complexity index is 831. The largest absolute Gasteiger partial charge is 0.494 e. The normalized spacial score (nSPS) is 15.2. The van der Waals surface area contributed by atoms with Crippen LogP contribution in [0.5, 0.6) is 11.5 Å². The molecular weight excluding hydrogens is 370 g/mol. The van der Waals surface area contributed by atoms with Gasteiger partial charge in [0.05, 0.1) is 24.8 Å². The Labute approximate surface area is 171 Å². The molecule has 0 radical (unpaired) electrons. The highest BCUT2D eigenvalue weighted by molar-refractivity contribution is 5.91. The molecule has 1 unspecified atom stereocenters. The molecule has 1 N–H and O–H groups in total. The zero-order valence-electron chi connectivity index (χ0n) is 16.9. The lowest BCUT2D eigenvalue weighted by Crippen LogP contribution is -2.35. The minimum absolute atomic E-state index is 0.145. The van der Waals surface area contributed by atoms with Crippen molar-refractivity contribution in [2.24, 2.45) is 5.92 Å². The summed E-state index contributed by atoms with van der Waals surface area (Å²) in [4.78, 5) is 24.4. The van der Waals surface area contributed by atoms with Gasteiger partial charge in [0.1, 0.15) is 11.5 Å². The van der Waals surface area contributed by atoms with Crippen molar-refractivity contribution in [2.45, 2.75) is 32.7 Å². The van der Waals surface area contributed by atoms with Crippen molar-refractivity contribution in [1.82, 2.24) is 5.32 Å². The summed E-state index contributed by atoms with van der Waals surface area (Å²) in [7, 11) is 0. The monoisotopic (exact) mass is 397 g/mol. The average molecular weight is 397 g/mol. The van der Waals surface area contributed by atoms with Crippen LogP contribution in [-0.2, 0) is 9.53 Å². The first-order valence-corrected chi connectivity index (χ1v) is 9.94. The zero-order chi connectivity index (χ0) is 20.6. The number of ether oxygens (including phenoxy) is 3. The maximum Gasteiger partial charge on any atom is 0.338 e. The van der Waals surface area contributed by atoms with Crippen LogP contribution in [0, 0.1) is 5.92 Å². The second kappa shape index (κ2) is 9.96. The van der Waals surface area contributed by atoms with E-state index in [1.54, 1.807) is 24.3 Å². The molecule has 2 aromatic carbocycles. The number of amides is 1. The Balaban J connectivity index is 1.46. The Morgan fingerprint density at radius 1 is 1.14 bits per heavy atom. The summed E-state index contributed by atoms with van der Waals surface area (Å²) in [6.07, 6.45) is 1.64. The predicted molar refractivity (Wildman–Crippen MR) is 109 cm³/mol. The molecule has 6 nitrogen and oxygen atoms in total. The lowest BCUT2D eigenvalue weighted by atomic mass is 10.0. The number of para-hydroxylation sites is 1. The average Bonchev–Trinajstić information content (AvgIpc) is 2.72. The third kappa shape index (κ3) is 5.98. The number of hydrogen-bond acceptors (Lipinski definition) is 5. The van der Waals surface area contributed by atoms with Gasteiger partial charge in [-0.15, -0.1) is 0 Å². The highest BCUT2D eigenvalue weighted by atomic mass is 16.5. The van der Waals surface area contributed by atoms with E-state index in [0.717, 1.165) is 17.7 Å². The third-order valence-corrected chi connectivity index (χ3v) is 4.68. The van der Waals surface area contributed by atoms with E-state index in [2.05, 4.69) is 19.2 Å². The molecule has 29 heavy (non-hydrogen) atoms. The molecule has 1 amide bonds. The van der Waals surface area contributed by atoms with Crippen molar-refractivity contribution < 1.29 is 23.8 Å². The maximum atomic E-state index is 12.2. The van der Waals surface area contributed by atoms with Gasteiger partial charge in [-0.3, -0.25) is 4.79 Å². The molecule has 1 aliphatic rings. The van der Waals surface area contributed by atoms with Crippen LogP contribution in [-0.4, -0.2) is 31.7 Å². The molecular formula is C23H27NO5.